The molecule has 0 radical (unpaired) electrons. The van der Waals surface area contributed by atoms with Crippen LogP contribution >= 0.6 is 0 Å². The van der Waals surface area contributed by atoms with Gasteiger partial charge in [0.15, 0.2) is 5.65 Å². The molecule has 0 aliphatic heterocycles. The van der Waals surface area contributed by atoms with Crippen molar-refractivity contribution >= 4 is 17.0 Å². The second-order valence-corrected chi connectivity index (χ2v) is 6.35. The Morgan fingerprint density at radius 2 is 1.66 bits per heavy atom. The average molecular weight is 396 g/mol. The summed E-state index contributed by atoms with van der Waals surface area (Å²) < 4.78 is 39.4. The standard InChI is InChI=1S/C21H15F3N4O/c22-21(23,24)16-4-2-1-3-14(16)11-26-19-10-9-17-20(28-19)27-18(12-25-17)13-5-7-15(29)8-6-13/h1-10,12,29H,11H2,(H,26,27,28). The third kappa shape index (κ3) is 4.11. The fourth-order valence-corrected chi connectivity index (χ4v) is 2.90. The number of aromatic hydroxyl groups is 1. The normalized spacial score (nSPS) is 11.6. The molecule has 2 N–H and O–H groups in total. The lowest BCUT2D eigenvalue weighted by Crippen LogP contribution is -2.12. The van der Waals surface area contributed by atoms with Gasteiger partial charge < -0.3 is 10.4 Å². The van der Waals surface area contributed by atoms with E-state index in [2.05, 4.69) is 20.3 Å². The van der Waals surface area contributed by atoms with E-state index < -0.39 is 11.7 Å². The highest BCUT2D eigenvalue weighted by Crippen LogP contribution is 2.32. The highest BCUT2D eigenvalue weighted by Gasteiger charge is 2.32. The molecule has 2 aromatic carbocycles. The number of anilines is 1. The van der Waals surface area contributed by atoms with Gasteiger partial charge in [0.25, 0.3) is 0 Å². The first kappa shape index (κ1) is 18.7. The van der Waals surface area contributed by atoms with Gasteiger partial charge in [0.05, 0.1) is 17.5 Å². The first-order valence-electron chi connectivity index (χ1n) is 8.72. The lowest BCUT2D eigenvalue weighted by molar-refractivity contribution is -0.138. The summed E-state index contributed by atoms with van der Waals surface area (Å²) in [5.74, 6) is 0.540. The van der Waals surface area contributed by atoms with E-state index in [1.807, 2.05) is 0 Å². The molecule has 0 amide bonds. The van der Waals surface area contributed by atoms with Crippen molar-refractivity contribution in [3.8, 4) is 17.0 Å². The van der Waals surface area contributed by atoms with Crippen LogP contribution in [0.5, 0.6) is 5.75 Å². The SMILES string of the molecule is Oc1ccc(-c2cnc3ccc(NCc4ccccc4C(F)(F)F)nc3n2)cc1. The second-order valence-electron chi connectivity index (χ2n) is 6.35. The van der Waals surface area contributed by atoms with Crippen molar-refractivity contribution in [3.05, 3.63) is 78.0 Å². The number of hydrogen-bond donors (Lipinski definition) is 2. The van der Waals surface area contributed by atoms with Crippen LogP contribution in [0.4, 0.5) is 19.0 Å². The fraction of sp³-hybridized carbons (Fsp3) is 0.0952. The van der Waals surface area contributed by atoms with Crippen molar-refractivity contribution in [1.29, 1.82) is 0 Å². The molecular weight excluding hydrogens is 381 g/mol. The van der Waals surface area contributed by atoms with Crippen LogP contribution in [0.25, 0.3) is 22.4 Å². The van der Waals surface area contributed by atoms with Crippen LogP contribution < -0.4 is 5.32 Å². The summed E-state index contributed by atoms with van der Waals surface area (Å²) >= 11 is 0. The molecule has 146 valence electrons. The molecule has 0 fully saturated rings. The number of nitrogens with one attached hydrogen (secondary N) is 1. The second kappa shape index (κ2) is 7.38. The molecular formula is C21H15F3N4O. The summed E-state index contributed by atoms with van der Waals surface area (Å²) in [6.45, 7) is -0.0285. The van der Waals surface area contributed by atoms with Gasteiger partial charge in [0.2, 0.25) is 0 Å². The molecule has 0 saturated carbocycles. The van der Waals surface area contributed by atoms with Gasteiger partial charge in [-0.05, 0) is 48.0 Å². The Kier molecular flexibility index (Phi) is 4.75. The minimum absolute atomic E-state index is 0.0285. The molecule has 2 aromatic heterocycles. The quantitative estimate of drug-likeness (QED) is 0.506. The minimum atomic E-state index is -4.42. The van der Waals surface area contributed by atoms with Crippen molar-refractivity contribution in [2.24, 2.45) is 0 Å². The zero-order valence-electron chi connectivity index (χ0n) is 15.0. The molecule has 29 heavy (non-hydrogen) atoms. The number of hydrogen-bond acceptors (Lipinski definition) is 5. The highest BCUT2D eigenvalue weighted by atomic mass is 19.4. The van der Waals surface area contributed by atoms with E-state index in [-0.39, 0.29) is 17.9 Å². The molecule has 0 aliphatic rings. The smallest absolute Gasteiger partial charge is 0.416 e. The summed E-state index contributed by atoms with van der Waals surface area (Å²) in [5, 5.41) is 12.3. The van der Waals surface area contributed by atoms with E-state index in [0.29, 0.717) is 22.7 Å². The van der Waals surface area contributed by atoms with E-state index in [9.17, 15) is 18.3 Å². The van der Waals surface area contributed by atoms with E-state index in [0.717, 1.165) is 11.6 Å². The Hall–Kier alpha value is -3.68. The van der Waals surface area contributed by atoms with E-state index in [1.54, 1.807) is 48.7 Å². The number of benzene rings is 2. The van der Waals surface area contributed by atoms with Crippen molar-refractivity contribution in [2.45, 2.75) is 12.7 Å². The summed E-state index contributed by atoms with van der Waals surface area (Å²) in [4.78, 5) is 13.2. The molecule has 4 rings (SSSR count). The number of phenols is 1. The Morgan fingerprint density at radius 3 is 2.41 bits per heavy atom. The van der Waals surface area contributed by atoms with Crippen LogP contribution in [0.3, 0.4) is 0 Å². The first-order chi connectivity index (χ1) is 13.9. The van der Waals surface area contributed by atoms with Crippen LogP contribution in [0, 0.1) is 0 Å². The number of alkyl halides is 3. The Morgan fingerprint density at radius 1 is 0.897 bits per heavy atom. The van der Waals surface area contributed by atoms with Crippen LogP contribution in [0.1, 0.15) is 11.1 Å². The van der Waals surface area contributed by atoms with Gasteiger partial charge in [-0.2, -0.15) is 13.2 Å². The highest BCUT2D eigenvalue weighted by molar-refractivity contribution is 5.75. The Bertz CT molecular complexity index is 1160. The maximum absolute atomic E-state index is 13.1. The van der Waals surface area contributed by atoms with E-state index in [1.165, 1.54) is 12.1 Å². The molecule has 5 nitrogen and oxygen atoms in total. The Balaban J connectivity index is 1.60. The van der Waals surface area contributed by atoms with Gasteiger partial charge >= 0.3 is 6.18 Å². The molecule has 8 heteroatoms. The van der Waals surface area contributed by atoms with Crippen molar-refractivity contribution < 1.29 is 18.3 Å². The van der Waals surface area contributed by atoms with Crippen LogP contribution in [0.15, 0.2) is 66.9 Å². The fourth-order valence-electron chi connectivity index (χ4n) is 2.90. The summed E-state index contributed by atoms with van der Waals surface area (Å²) in [6, 6.07) is 15.3. The number of halogens is 3. The monoisotopic (exact) mass is 396 g/mol. The topological polar surface area (TPSA) is 70.9 Å². The van der Waals surface area contributed by atoms with E-state index in [4.69, 9.17) is 0 Å². The summed E-state index contributed by atoms with van der Waals surface area (Å²) in [6.07, 6.45) is -2.82. The Labute approximate surface area is 163 Å². The molecule has 0 atom stereocenters. The van der Waals surface area contributed by atoms with E-state index >= 15 is 0 Å². The lowest BCUT2D eigenvalue weighted by Gasteiger charge is -2.13. The molecule has 0 bridgehead atoms. The van der Waals surface area contributed by atoms with Gasteiger partial charge in [0, 0.05) is 12.1 Å². The molecule has 2 heterocycles. The van der Waals surface area contributed by atoms with Crippen molar-refractivity contribution in [2.75, 3.05) is 5.32 Å². The predicted molar refractivity (Wildman–Crippen MR) is 103 cm³/mol. The average Bonchev–Trinajstić information content (AvgIpc) is 2.72. The maximum Gasteiger partial charge on any atom is 0.416 e. The van der Waals surface area contributed by atoms with Crippen LogP contribution in [-0.4, -0.2) is 20.1 Å². The van der Waals surface area contributed by atoms with Gasteiger partial charge in [-0.25, -0.2) is 9.97 Å². The summed E-state index contributed by atoms with van der Waals surface area (Å²) in [7, 11) is 0. The molecule has 0 aliphatic carbocycles. The molecule has 0 spiro atoms. The number of nitrogens with zero attached hydrogens (tertiary/aromatic N) is 3. The largest absolute Gasteiger partial charge is 0.508 e. The predicted octanol–water partition coefficient (Wildman–Crippen LogP) is 5.03. The number of pyridine rings is 1. The zero-order chi connectivity index (χ0) is 20.4. The van der Waals surface area contributed by atoms with Gasteiger partial charge in [-0.1, -0.05) is 18.2 Å². The number of rotatable bonds is 4. The minimum Gasteiger partial charge on any atom is -0.508 e. The van der Waals surface area contributed by atoms with Crippen molar-refractivity contribution in [3.63, 3.8) is 0 Å². The maximum atomic E-state index is 13.1. The van der Waals surface area contributed by atoms with Crippen LogP contribution in [-0.2, 0) is 12.7 Å². The molecule has 4 aromatic rings. The number of aromatic nitrogens is 3. The third-order valence-corrected chi connectivity index (χ3v) is 4.35. The van der Waals surface area contributed by atoms with Gasteiger partial charge in [-0.3, -0.25) is 4.98 Å². The first-order valence-corrected chi connectivity index (χ1v) is 8.72. The van der Waals surface area contributed by atoms with Crippen molar-refractivity contribution in [1.82, 2.24) is 15.0 Å². The number of phenolic OH excluding ortho intramolecular Hbond substituents is 1. The molecule has 0 saturated heterocycles. The molecule has 0 unspecified atom stereocenters. The number of fused-ring (bicyclic) bond motifs is 1. The van der Waals surface area contributed by atoms with Gasteiger partial charge in [0.1, 0.15) is 17.1 Å². The zero-order valence-corrected chi connectivity index (χ0v) is 15.0. The lowest BCUT2D eigenvalue weighted by atomic mass is 10.1. The third-order valence-electron chi connectivity index (χ3n) is 4.35. The van der Waals surface area contributed by atoms with Crippen LogP contribution in [0.2, 0.25) is 0 Å². The summed E-state index contributed by atoms with van der Waals surface area (Å²) in [5.41, 5.74) is 1.72. The van der Waals surface area contributed by atoms with Gasteiger partial charge in [-0.15, -0.1) is 0 Å².